The van der Waals surface area contributed by atoms with Crippen molar-refractivity contribution in [1.82, 2.24) is 5.32 Å². The fourth-order valence-corrected chi connectivity index (χ4v) is 4.54. The third-order valence-corrected chi connectivity index (χ3v) is 6.24. The highest BCUT2D eigenvalue weighted by Crippen LogP contribution is 2.24. The summed E-state index contributed by atoms with van der Waals surface area (Å²) in [5.74, 6) is -0.861. The quantitative estimate of drug-likeness (QED) is 0.843. The second-order valence-electron chi connectivity index (χ2n) is 6.35. The zero-order chi connectivity index (χ0) is 18.6. The second kappa shape index (κ2) is 7.86. The van der Waals surface area contributed by atoms with Crippen LogP contribution in [0, 0.1) is 5.82 Å². The van der Waals surface area contributed by atoms with Gasteiger partial charge in [0.25, 0.3) is 10.0 Å². The molecule has 138 valence electrons. The number of sulfonamides is 1. The number of amides is 1. The summed E-state index contributed by atoms with van der Waals surface area (Å²) in [7, 11) is -3.99. The van der Waals surface area contributed by atoms with Crippen LogP contribution in [-0.2, 0) is 14.8 Å². The zero-order valence-electron chi connectivity index (χ0n) is 14.3. The van der Waals surface area contributed by atoms with Gasteiger partial charge in [0.1, 0.15) is 12.4 Å². The maximum Gasteiger partial charge on any atom is 0.264 e. The molecule has 0 unspecified atom stereocenters. The predicted molar refractivity (Wildman–Crippen MR) is 97.8 cm³/mol. The van der Waals surface area contributed by atoms with Crippen molar-refractivity contribution < 1.29 is 17.6 Å². The molecule has 1 aliphatic rings. The smallest absolute Gasteiger partial charge is 0.264 e. The van der Waals surface area contributed by atoms with Gasteiger partial charge < -0.3 is 5.32 Å². The monoisotopic (exact) mass is 376 g/mol. The largest absolute Gasteiger partial charge is 0.352 e. The maximum atomic E-state index is 13.2. The summed E-state index contributed by atoms with van der Waals surface area (Å²) in [5.41, 5.74) is 0.387. The Morgan fingerprint density at radius 2 is 1.65 bits per heavy atom. The molecule has 26 heavy (non-hydrogen) atoms. The molecule has 0 atom stereocenters. The Labute approximate surface area is 152 Å². The fraction of sp³-hybridized carbons (Fsp3) is 0.316. The van der Waals surface area contributed by atoms with Gasteiger partial charge in [0.15, 0.2) is 0 Å². The van der Waals surface area contributed by atoms with Gasteiger partial charge >= 0.3 is 0 Å². The Kier molecular flexibility index (Phi) is 5.56. The third-order valence-electron chi connectivity index (χ3n) is 4.45. The van der Waals surface area contributed by atoms with Crippen molar-refractivity contribution in [3.63, 3.8) is 0 Å². The van der Waals surface area contributed by atoms with Crippen LogP contribution in [0.5, 0.6) is 0 Å². The lowest BCUT2D eigenvalue weighted by atomic mass is 10.2. The standard InChI is InChI=1S/C19H21FN2O3S/c20-15-10-12-18(13-11-15)26(24,25)22(17-8-2-1-3-9-17)14-19(23)21-16-6-4-5-7-16/h1-3,8-13,16H,4-7,14H2,(H,21,23). The van der Waals surface area contributed by atoms with Gasteiger partial charge in [-0.05, 0) is 49.2 Å². The molecule has 3 rings (SSSR count). The second-order valence-corrected chi connectivity index (χ2v) is 8.21. The van der Waals surface area contributed by atoms with E-state index in [1.54, 1.807) is 30.3 Å². The normalized spacial score (nSPS) is 15.0. The molecule has 2 aromatic carbocycles. The van der Waals surface area contributed by atoms with Crippen molar-refractivity contribution in [2.45, 2.75) is 36.6 Å². The van der Waals surface area contributed by atoms with Crippen LogP contribution in [0.25, 0.3) is 0 Å². The Balaban J connectivity index is 1.88. The first-order valence-corrected chi connectivity index (χ1v) is 10.0. The molecule has 1 N–H and O–H groups in total. The number of carbonyl (C=O) groups is 1. The Bertz CT molecular complexity index is 848. The highest BCUT2D eigenvalue weighted by Gasteiger charge is 2.28. The van der Waals surface area contributed by atoms with E-state index in [0.717, 1.165) is 42.1 Å². The van der Waals surface area contributed by atoms with Gasteiger partial charge in [-0.25, -0.2) is 12.8 Å². The molecule has 0 bridgehead atoms. The van der Waals surface area contributed by atoms with Crippen LogP contribution >= 0.6 is 0 Å². The molecule has 1 amide bonds. The average Bonchev–Trinajstić information content (AvgIpc) is 3.13. The van der Waals surface area contributed by atoms with Gasteiger partial charge in [-0.2, -0.15) is 0 Å². The molecule has 1 aliphatic carbocycles. The first-order chi connectivity index (χ1) is 12.5. The van der Waals surface area contributed by atoms with E-state index in [1.165, 1.54) is 12.1 Å². The third kappa shape index (κ3) is 4.22. The average molecular weight is 376 g/mol. The molecule has 5 nitrogen and oxygen atoms in total. The highest BCUT2D eigenvalue weighted by atomic mass is 32.2. The van der Waals surface area contributed by atoms with E-state index >= 15 is 0 Å². The Morgan fingerprint density at radius 1 is 1.04 bits per heavy atom. The topological polar surface area (TPSA) is 66.5 Å². The number of halogens is 1. The van der Waals surface area contributed by atoms with Gasteiger partial charge in [-0.15, -0.1) is 0 Å². The minimum Gasteiger partial charge on any atom is -0.352 e. The van der Waals surface area contributed by atoms with E-state index in [1.807, 2.05) is 0 Å². The molecule has 0 saturated heterocycles. The first kappa shape index (κ1) is 18.4. The molecule has 1 fully saturated rings. The summed E-state index contributed by atoms with van der Waals surface area (Å²) in [6.45, 7) is -0.319. The number of rotatable bonds is 6. The number of carbonyl (C=O) groups excluding carboxylic acids is 1. The summed E-state index contributed by atoms with van der Waals surface area (Å²) in [4.78, 5) is 12.4. The molecule has 1 saturated carbocycles. The van der Waals surface area contributed by atoms with Gasteiger partial charge in [-0.3, -0.25) is 9.10 Å². The lowest BCUT2D eigenvalue weighted by molar-refractivity contribution is -0.120. The predicted octanol–water partition coefficient (Wildman–Crippen LogP) is 3.08. The number of nitrogens with zero attached hydrogens (tertiary/aromatic N) is 1. The molecule has 0 spiro atoms. The van der Waals surface area contributed by atoms with Crippen LogP contribution in [0.4, 0.5) is 10.1 Å². The van der Waals surface area contributed by atoms with E-state index in [-0.39, 0.29) is 23.4 Å². The molecule has 2 aromatic rings. The molecule has 0 heterocycles. The van der Waals surface area contributed by atoms with E-state index in [2.05, 4.69) is 5.32 Å². The SMILES string of the molecule is O=C(CN(c1ccccc1)S(=O)(=O)c1ccc(F)cc1)NC1CCCC1. The van der Waals surface area contributed by atoms with Crippen LogP contribution in [0.15, 0.2) is 59.5 Å². The van der Waals surface area contributed by atoms with Gasteiger partial charge in [0.2, 0.25) is 5.91 Å². The summed E-state index contributed by atoms with van der Waals surface area (Å²) < 4.78 is 40.3. The van der Waals surface area contributed by atoms with Crippen molar-refractivity contribution in [2.24, 2.45) is 0 Å². The zero-order valence-corrected chi connectivity index (χ0v) is 15.1. The number of anilines is 1. The van der Waals surface area contributed by atoms with Crippen LogP contribution < -0.4 is 9.62 Å². The summed E-state index contributed by atoms with van der Waals surface area (Å²) in [5, 5.41) is 2.91. The van der Waals surface area contributed by atoms with Gasteiger partial charge in [-0.1, -0.05) is 31.0 Å². The molecular weight excluding hydrogens is 355 g/mol. The van der Waals surface area contributed by atoms with Crippen LogP contribution in [-0.4, -0.2) is 26.9 Å². The van der Waals surface area contributed by atoms with Crippen molar-refractivity contribution >= 4 is 21.6 Å². The molecule has 0 aromatic heterocycles. The van der Waals surface area contributed by atoms with E-state index in [0.29, 0.717) is 5.69 Å². The molecular formula is C19H21FN2O3S. The van der Waals surface area contributed by atoms with Crippen LogP contribution in [0.3, 0.4) is 0 Å². The number of hydrogen-bond acceptors (Lipinski definition) is 3. The van der Waals surface area contributed by atoms with Crippen LogP contribution in [0.1, 0.15) is 25.7 Å². The van der Waals surface area contributed by atoms with Crippen molar-refractivity contribution in [3.8, 4) is 0 Å². The molecule has 7 heteroatoms. The number of nitrogens with one attached hydrogen (secondary N) is 1. The van der Waals surface area contributed by atoms with Crippen molar-refractivity contribution in [2.75, 3.05) is 10.8 Å². The van der Waals surface area contributed by atoms with Crippen LogP contribution in [0.2, 0.25) is 0 Å². The van der Waals surface area contributed by atoms with Gasteiger partial charge in [0, 0.05) is 6.04 Å². The molecule has 0 aliphatic heterocycles. The van der Waals surface area contributed by atoms with E-state index in [4.69, 9.17) is 0 Å². The minimum atomic E-state index is -3.99. The first-order valence-electron chi connectivity index (χ1n) is 8.59. The summed E-state index contributed by atoms with van der Waals surface area (Å²) >= 11 is 0. The lowest BCUT2D eigenvalue weighted by Crippen LogP contribution is -2.43. The highest BCUT2D eigenvalue weighted by molar-refractivity contribution is 7.92. The Hall–Kier alpha value is -2.41. The lowest BCUT2D eigenvalue weighted by Gasteiger charge is -2.25. The maximum absolute atomic E-state index is 13.2. The summed E-state index contributed by atoms with van der Waals surface area (Å²) in [6.07, 6.45) is 3.98. The fourth-order valence-electron chi connectivity index (χ4n) is 3.12. The summed E-state index contributed by atoms with van der Waals surface area (Å²) in [6, 6.07) is 13.1. The van der Waals surface area contributed by atoms with E-state index < -0.39 is 15.8 Å². The van der Waals surface area contributed by atoms with Gasteiger partial charge in [0.05, 0.1) is 10.6 Å². The number of para-hydroxylation sites is 1. The number of benzene rings is 2. The van der Waals surface area contributed by atoms with E-state index in [9.17, 15) is 17.6 Å². The minimum absolute atomic E-state index is 0.0589. The number of hydrogen-bond donors (Lipinski definition) is 1. The van der Waals surface area contributed by atoms with Crippen molar-refractivity contribution in [1.29, 1.82) is 0 Å². The molecule has 0 radical (unpaired) electrons. The van der Waals surface area contributed by atoms with Crippen molar-refractivity contribution in [3.05, 3.63) is 60.4 Å². The Morgan fingerprint density at radius 3 is 2.27 bits per heavy atom.